The molecule has 3 rings (SSSR count). The Morgan fingerprint density at radius 2 is 1.66 bits per heavy atom. The van der Waals surface area contributed by atoms with E-state index in [4.69, 9.17) is 4.74 Å². The number of benzene rings is 2. The minimum Gasteiger partial charge on any atom is -0.491 e. The van der Waals surface area contributed by atoms with Crippen molar-refractivity contribution in [2.45, 2.75) is 57.7 Å². The fourth-order valence-electron chi connectivity index (χ4n) is 3.57. The Morgan fingerprint density at radius 3 is 2.28 bits per heavy atom. The van der Waals surface area contributed by atoms with Crippen LogP contribution in [0.15, 0.2) is 54.6 Å². The summed E-state index contributed by atoms with van der Waals surface area (Å²) in [5, 5.41) is 8.73. The van der Waals surface area contributed by atoms with Crippen LogP contribution in [0.5, 0.6) is 5.75 Å². The summed E-state index contributed by atoms with van der Waals surface area (Å²) in [6.07, 6.45) is 3.18. The molecule has 0 bridgehead atoms. The zero-order chi connectivity index (χ0) is 20.7. The SMILES string of the molecule is CC(C)Oc1ccc(NC(=O)C2(NC(=O)NCc3ccccc3)CCCC2)cc1. The number of carbonyl (C=O) groups excluding carboxylic acids is 2. The van der Waals surface area contributed by atoms with Crippen LogP contribution < -0.4 is 20.7 Å². The van der Waals surface area contributed by atoms with Gasteiger partial charge in [-0.15, -0.1) is 0 Å². The van der Waals surface area contributed by atoms with Crippen LogP contribution in [-0.4, -0.2) is 23.6 Å². The first-order valence-electron chi connectivity index (χ1n) is 10.1. The molecule has 1 saturated carbocycles. The Hall–Kier alpha value is -3.02. The van der Waals surface area contributed by atoms with Crippen molar-refractivity contribution >= 4 is 17.6 Å². The molecule has 0 aliphatic heterocycles. The molecule has 154 valence electrons. The molecule has 6 nitrogen and oxygen atoms in total. The van der Waals surface area contributed by atoms with Gasteiger partial charge in [-0.2, -0.15) is 0 Å². The zero-order valence-corrected chi connectivity index (χ0v) is 17.0. The number of urea groups is 1. The lowest BCUT2D eigenvalue weighted by atomic mass is 9.96. The molecule has 0 heterocycles. The molecule has 0 unspecified atom stereocenters. The van der Waals surface area contributed by atoms with E-state index in [1.165, 1.54) is 0 Å². The van der Waals surface area contributed by atoms with Crippen LogP contribution in [0.3, 0.4) is 0 Å². The number of hydrogen-bond donors (Lipinski definition) is 3. The van der Waals surface area contributed by atoms with Crippen LogP contribution in [0.2, 0.25) is 0 Å². The van der Waals surface area contributed by atoms with Gasteiger partial charge >= 0.3 is 6.03 Å². The van der Waals surface area contributed by atoms with E-state index in [0.29, 0.717) is 25.1 Å². The maximum absolute atomic E-state index is 13.0. The second kappa shape index (κ2) is 9.45. The molecule has 3 N–H and O–H groups in total. The molecule has 6 heteroatoms. The van der Waals surface area contributed by atoms with Crippen molar-refractivity contribution in [1.29, 1.82) is 0 Å². The van der Waals surface area contributed by atoms with Gasteiger partial charge in [0.05, 0.1) is 6.10 Å². The normalized spacial score (nSPS) is 15.0. The largest absolute Gasteiger partial charge is 0.491 e. The number of nitrogens with one attached hydrogen (secondary N) is 3. The second-order valence-electron chi connectivity index (χ2n) is 7.73. The van der Waals surface area contributed by atoms with E-state index in [2.05, 4.69) is 16.0 Å². The molecule has 1 fully saturated rings. The molecule has 0 radical (unpaired) electrons. The maximum atomic E-state index is 13.0. The first-order valence-corrected chi connectivity index (χ1v) is 10.1. The molecule has 29 heavy (non-hydrogen) atoms. The molecular weight excluding hydrogens is 366 g/mol. The molecule has 2 aromatic rings. The van der Waals surface area contributed by atoms with Crippen molar-refractivity contribution in [3.63, 3.8) is 0 Å². The van der Waals surface area contributed by atoms with Gasteiger partial charge in [-0.25, -0.2) is 4.79 Å². The highest BCUT2D eigenvalue weighted by molar-refractivity contribution is 6.00. The van der Waals surface area contributed by atoms with Gasteiger partial charge in [0.2, 0.25) is 5.91 Å². The highest BCUT2D eigenvalue weighted by Gasteiger charge is 2.42. The summed E-state index contributed by atoms with van der Waals surface area (Å²) < 4.78 is 5.63. The topological polar surface area (TPSA) is 79.5 Å². The summed E-state index contributed by atoms with van der Waals surface area (Å²) in [6.45, 7) is 4.35. The van der Waals surface area contributed by atoms with Crippen molar-refractivity contribution < 1.29 is 14.3 Å². The van der Waals surface area contributed by atoms with Gasteiger partial charge in [0.15, 0.2) is 0 Å². The Kier molecular flexibility index (Phi) is 6.75. The Balaban J connectivity index is 1.60. The fraction of sp³-hybridized carbons (Fsp3) is 0.391. The lowest BCUT2D eigenvalue weighted by Crippen LogP contribution is -2.57. The van der Waals surface area contributed by atoms with Crippen molar-refractivity contribution in [3.05, 3.63) is 60.2 Å². The number of rotatable bonds is 7. The first-order chi connectivity index (χ1) is 14.0. The van der Waals surface area contributed by atoms with Crippen LogP contribution in [0.4, 0.5) is 10.5 Å². The van der Waals surface area contributed by atoms with Crippen LogP contribution >= 0.6 is 0 Å². The van der Waals surface area contributed by atoms with Crippen molar-refractivity contribution in [1.82, 2.24) is 10.6 Å². The third-order valence-corrected chi connectivity index (χ3v) is 5.02. The smallest absolute Gasteiger partial charge is 0.315 e. The van der Waals surface area contributed by atoms with Crippen LogP contribution in [0.25, 0.3) is 0 Å². The van der Waals surface area contributed by atoms with Gasteiger partial charge in [-0.05, 0) is 56.5 Å². The highest BCUT2D eigenvalue weighted by Crippen LogP contribution is 2.31. The average Bonchev–Trinajstić information content (AvgIpc) is 3.18. The number of anilines is 1. The van der Waals surface area contributed by atoms with E-state index in [1.807, 2.05) is 68.4 Å². The third-order valence-electron chi connectivity index (χ3n) is 5.02. The predicted octanol–water partition coefficient (Wildman–Crippen LogP) is 4.22. The van der Waals surface area contributed by atoms with E-state index in [9.17, 15) is 9.59 Å². The number of ether oxygens (including phenoxy) is 1. The van der Waals surface area contributed by atoms with Gasteiger partial charge in [-0.3, -0.25) is 4.79 Å². The fourth-order valence-corrected chi connectivity index (χ4v) is 3.57. The van der Waals surface area contributed by atoms with Gasteiger partial charge < -0.3 is 20.7 Å². The van der Waals surface area contributed by atoms with E-state index in [1.54, 1.807) is 0 Å². The third kappa shape index (κ3) is 5.73. The molecule has 0 atom stereocenters. The average molecular weight is 396 g/mol. The number of carbonyl (C=O) groups is 2. The Bertz CT molecular complexity index is 813. The summed E-state index contributed by atoms with van der Waals surface area (Å²) in [5.41, 5.74) is 0.814. The minimum absolute atomic E-state index is 0.0933. The van der Waals surface area contributed by atoms with E-state index in [0.717, 1.165) is 24.2 Å². The van der Waals surface area contributed by atoms with Gasteiger partial charge in [0, 0.05) is 12.2 Å². The van der Waals surface area contributed by atoms with Crippen molar-refractivity contribution in [2.75, 3.05) is 5.32 Å². The minimum atomic E-state index is -0.881. The predicted molar refractivity (Wildman–Crippen MR) is 114 cm³/mol. The summed E-state index contributed by atoms with van der Waals surface area (Å²) in [7, 11) is 0. The summed E-state index contributed by atoms with van der Waals surface area (Å²) in [6, 6.07) is 16.6. The highest BCUT2D eigenvalue weighted by atomic mass is 16.5. The molecule has 0 saturated heterocycles. The van der Waals surface area contributed by atoms with Crippen LogP contribution in [0, 0.1) is 0 Å². The molecule has 1 aliphatic carbocycles. The molecule has 3 amide bonds. The lowest BCUT2D eigenvalue weighted by molar-refractivity contribution is -0.121. The van der Waals surface area contributed by atoms with E-state index >= 15 is 0 Å². The second-order valence-corrected chi connectivity index (χ2v) is 7.73. The summed E-state index contributed by atoms with van der Waals surface area (Å²) in [4.78, 5) is 25.5. The monoisotopic (exact) mass is 395 g/mol. The van der Waals surface area contributed by atoms with E-state index < -0.39 is 5.54 Å². The van der Waals surface area contributed by atoms with Gasteiger partial charge in [0.1, 0.15) is 11.3 Å². The van der Waals surface area contributed by atoms with E-state index in [-0.39, 0.29) is 18.0 Å². The molecule has 2 aromatic carbocycles. The van der Waals surface area contributed by atoms with Gasteiger partial charge in [-0.1, -0.05) is 43.2 Å². The Morgan fingerprint density at radius 1 is 1.00 bits per heavy atom. The number of hydrogen-bond acceptors (Lipinski definition) is 3. The molecular formula is C23H29N3O3. The first kappa shape index (κ1) is 20.7. The lowest BCUT2D eigenvalue weighted by Gasteiger charge is -2.29. The number of amides is 3. The standard InChI is InChI=1S/C23H29N3O3/c1-17(2)29-20-12-10-19(11-13-20)25-21(27)23(14-6-7-15-23)26-22(28)24-16-18-8-4-3-5-9-18/h3-5,8-13,17H,6-7,14-16H2,1-2H3,(H,25,27)(H2,24,26,28). The molecule has 0 aromatic heterocycles. The molecule has 0 spiro atoms. The Labute approximate surface area is 172 Å². The quantitative estimate of drug-likeness (QED) is 0.657. The molecule has 1 aliphatic rings. The van der Waals surface area contributed by atoms with Crippen LogP contribution in [0.1, 0.15) is 45.1 Å². The summed E-state index contributed by atoms with van der Waals surface area (Å²) >= 11 is 0. The van der Waals surface area contributed by atoms with Gasteiger partial charge in [0.25, 0.3) is 0 Å². The zero-order valence-electron chi connectivity index (χ0n) is 17.0. The van der Waals surface area contributed by atoms with Crippen molar-refractivity contribution in [2.24, 2.45) is 0 Å². The van der Waals surface area contributed by atoms with Crippen LogP contribution in [-0.2, 0) is 11.3 Å². The van der Waals surface area contributed by atoms with Crippen molar-refractivity contribution in [3.8, 4) is 5.75 Å². The summed E-state index contributed by atoms with van der Waals surface area (Å²) in [5.74, 6) is 0.578. The maximum Gasteiger partial charge on any atom is 0.315 e.